The number of hydrogen-bond donors (Lipinski definition) is 0. The second-order valence-electron chi connectivity index (χ2n) is 2.50. The van der Waals surface area contributed by atoms with Crippen LogP contribution in [0.1, 0.15) is 5.56 Å². The fourth-order valence-corrected chi connectivity index (χ4v) is 0.995. The van der Waals surface area contributed by atoms with Gasteiger partial charge in [0.25, 0.3) is 5.69 Å². The summed E-state index contributed by atoms with van der Waals surface area (Å²) in [5.41, 5.74) is -0.736. The lowest BCUT2D eigenvalue weighted by molar-refractivity contribution is -0.384. The van der Waals surface area contributed by atoms with E-state index in [1.807, 2.05) is 0 Å². The fourth-order valence-electron chi connectivity index (χ4n) is 0.995. The molecule has 0 bridgehead atoms. The maximum absolute atomic E-state index is 12.9. The molecule has 1 aromatic carbocycles. The van der Waals surface area contributed by atoms with Crippen molar-refractivity contribution in [2.24, 2.45) is 4.99 Å². The van der Waals surface area contributed by atoms with Crippen LogP contribution >= 0.6 is 0 Å². The van der Waals surface area contributed by atoms with Crippen LogP contribution in [0, 0.1) is 22.9 Å². The van der Waals surface area contributed by atoms with E-state index in [9.17, 15) is 19.3 Å². The number of halogens is 1. The Hall–Kier alpha value is -2.07. The van der Waals surface area contributed by atoms with Crippen LogP contribution in [0.3, 0.4) is 0 Å². The lowest BCUT2D eigenvalue weighted by Gasteiger charge is -2.00. The molecule has 0 aliphatic carbocycles. The molecule has 72 valence electrons. The van der Waals surface area contributed by atoms with Gasteiger partial charge < -0.3 is 0 Å². The Morgan fingerprint density at radius 1 is 1.57 bits per heavy atom. The average molecular weight is 196 g/mol. The number of isocyanates is 1. The quantitative estimate of drug-likeness (QED) is 0.314. The molecule has 0 unspecified atom stereocenters. The smallest absolute Gasteiger partial charge is 0.258 e. The SMILES string of the molecule is Cc1c(F)ccc([N+](=O)[O-])c1N=C=O. The highest BCUT2D eigenvalue weighted by Crippen LogP contribution is 2.31. The molecule has 0 aliphatic heterocycles. The van der Waals surface area contributed by atoms with Gasteiger partial charge in [-0.05, 0) is 13.0 Å². The highest BCUT2D eigenvalue weighted by atomic mass is 19.1. The third kappa shape index (κ3) is 1.65. The number of nitrogens with zero attached hydrogens (tertiary/aromatic N) is 2. The van der Waals surface area contributed by atoms with Crippen molar-refractivity contribution in [2.75, 3.05) is 0 Å². The summed E-state index contributed by atoms with van der Waals surface area (Å²) in [5.74, 6) is -0.649. The van der Waals surface area contributed by atoms with Gasteiger partial charge in [0.15, 0.2) is 5.69 Å². The molecule has 0 saturated heterocycles. The largest absolute Gasteiger partial charge is 0.296 e. The van der Waals surface area contributed by atoms with Crippen LogP contribution in [0.25, 0.3) is 0 Å². The normalized spacial score (nSPS) is 9.29. The number of aliphatic imine (C=N–C) groups is 1. The molecule has 1 rings (SSSR count). The maximum Gasteiger partial charge on any atom is 0.296 e. The maximum atomic E-state index is 12.9. The van der Waals surface area contributed by atoms with Gasteiger partial charge in [0.2, 0.25) is 6.08 Å². The highest BCUT2D eigenvalue weighted by molar-refractivity contribution is 5.66. The van der Waals surface area contributed by atoms with Gasteiger partial charge in [0, 0.05) is 11.6 Å². The predicted molar refractivity (Wildman–Crippen MR) is 45.6 cm³/mol. The predicted octanol–water partition coefficient (Wildman–Crippen LogP) is 2.01. The van der Waals surface area contributed by atoms with Gasteiger partial charge in [0.05, 0.1) is 4.92 Å². The molecule has 0 fully saturated rings. The highest BCUT2D eigenvalue weighted by Gasteiger charge is 2.17. The van der Waals surface area contributed by atoms with Gasteiger partial charge in [-0.2, -0.15) is 4.99 Å². The number of nitro benzene ring substituents is 1. The van der Waals surface area contributed by atoms with Crippen LogP contribution in [0.4, 0.5) is 15.8 Å². The third-order valence-corrected chi connectivity index (χ3v) is 1.70. The first kappa shape index (κ1) is 10.0. The van der Waals surface area contributed by atoms with E-state index in [1.165, 1.54) is 6.92 Å². The lowest BCUT2D eigenvalue weighted by atomic mass is 10.1. The molecule has 0 heterocycles. The van der Waals surface area contributed by atoms with Gasteiger partial charge in [-0.3, -0.25) is 10.1 Å². The van der Waals surface area contributed by atoms with E-state index in [-0.39, 0.29) is 11.3 Å². The zero-order chi connectivity index (χ0) is 10.7. The number of hydrogen-bond acceptors (Lipinski definition) is 4. The summed E-state index contributed by atoms with van der Waals surface area (Å²) in [4.78, 5) is 22.8. The molecule has 0 atom stereocenters. The molecule has 1 aromatic rings. The number of rotatable bonds is 2. The number of benzene rings is 1. The molecule has 0 aliphatic rings. The third-order valence-electron chi connectivity index (χ3n) is 1.70. The summed E-state index contributed by atoms with van der Waals surface area (Å²) in [6.07, 6.45) is 1.15. The monoisotopic (exact) mass is 196 g/mol. The van der Waals surface area contributed by atoms with Crippen LogP contribution in [-0.2, 0) is 4.79 Å². The van der Waals surface area contributed by atoms with Crippen molar-refractivity contribution in [2.45, 2.75) is 6.92 Å². The van der Waals surface area contributed by atoms with Crippen molar-refractivity contribution < 1.29 is 14.1 Å². The Bertz CT molecular complexity index is 438. The minimum atomic E-state index is -0.734. The molecule has 0 radical (unpaired) electrons. The Kier molecular flexibility index (Phi) is 2.69. The van der Waals surface area contributed by atoms with Crippen LogP contribution in [-0.4, -0.2) is 11.0 Å². The van der Waals surface area contributed by atoms with Crippen LogP contribution in [0.15, 0.2) is 17.1 Å². The lowest BCUT2D eigenvalue weighted by Crippen LogP contribution is -1.92. The first-order valence-electron chi connectivity index (χ1n) is 3.59. The first-order valence-corrected chi connectivity index (χ1v) is 3.59. The van der Waals surface area contributed by atoms with Crippen molar-refractivity contribution in [3.05, 3.63) is 33.6 Å². The van der Waals surface area contributed by atoms with E-state index >= 15 is 0 Å². The summed E-state index contributed by atoms with van der Waals surface area (Å²) in [6.45, 7) is 1.30. The van der Waals surface area contributed by atoms with Crippen LogP contribution in [0.5, 0.6) is 0 Å². The van der Waals surface area contributed by atoms with E-state index < -0.39 is 16.4 Å². The van der Waals surface area contributed by atoms with Gasteiger partial charge in [-0.15, -0.1) is 0 Å². The molecule has 0 aromatic heterocycles. The minimum Gasteiger partial charge on any atom is -0.258 e. The number of nitro groups is 1. The van der Waals surface area contributed by atoms with E-state index in [2.05, 4.69) is 4.99 Å². The molecule has 14 heavy (non-hydrogen) atoms. The topological polar surface area (TPSA) is 72.6 Å². The second-order valence-corrected chi connectivity index (χ2v) is 2.50. The first-order chi connectivity index (χ1) is 6.57. The molecule has 0 amide bonds. The minimum absolute atomic E-state index is 0.0393. The van der Waals surface area contributed by atoms with E-state index in [0.717, 1.165) is 18.2 Å². The fraction of sp³-hybridized carbons (Fsp3) is 0.125. The standard InChI is InChI=1S/C8H5FN2O3/c1-5-6(9)2-3-7(11(13)14)8(5)10-4-12/h2-3H,1H3. The molecule has 0 N–H and O–H groups in total. The Morgan fingerprint density at radius 2 is 2.21 bits per heavy atom. The van der Waals surface area contributed by atoms with Gasteiger partial charge in [-0.25, -0.2) is 9.18 Å². The zero-order valence-corrected chi connectivity index (χ0v) is 7.15. The van der Waals surface area contributed by atoms with Crippen LogP contribution < -0.4 is 0 Å². The van der Waals surface area contributed by atoms with E-state index in [4.69, 9.17) is 0 Å². The molecule has 6 heteroatoms. The number of carbonyl (C=O) groups excluding carboxylic acids is 1. The van der Waals surface area contributed by atoms with Crippen molar-refractivity contribution in [1.82, 2.24) is 0 Å². The van der Waals surface area contributed by atoms with Crippen LogP contribution in [0.2, 0.25) is 0 Å². The summed E-state index contributed by atoms with van der Waals surface area (Å²) < 4.78 is 12.9. The summed E-state index contributed by atoms with van der Waals surface area (Å²) in [5, 5.41) is 10.5. The van der Waals surface area contributed by atoms with Gasteiger partial charge in [-0.1, -0.05) is 0 Å². The molecular formula is C8H5FN2O3. The van der Waals surface area contributed by atoms with Crippen molar-refractivity contribution in [1.29, 1.82) is 0 Å². The van der Waals surface area contributed by atoms with E-state index in [1.54, 1.807) is 0 Å². The zero-order valence-electron chi connectivity index (χ0n) is 7.15. The van der Waals surface area contributed by atoms with Crippen molar-refractivity contribution in [3.63, 3.8) is 0 Å². The van der Waals surface area contributed by atoms with E-state index in [0.29, 0.717) is 0 Å². The Labute approximate surface area is 78.0 Å². The molecule has 0 saturated carbocycles. The van der Waals surface area contributed by atoms with Gasteiger partial charge >= 0.3 is 0 Å². The second kappa shape index (κ2) is 3.76. The summed E-state index contributed by atoms with van der Waals surface area (Å²) in [7, 11) is 0. The Morgan fingerprint density at radius 3 is 2.71 bits per heavy atom. The molecular weight excluding hydrogens is 191 g/mol. The average Bonchev–Trinajstić information content (AvgIpc) is 2.13. The molecule has 0 spiro atoms. The van der Waals surface area contributed by atoms with Crippen molar-refractivity contribution >= 4 is 17.5 Å². The summed E-state index contributed by atoms with van der Waals surface area (Å²) in [6, 6.07) is 1.91. The van der Waals surface area contributed by atoms with Crippen molar-refractivity contribution in [3.8, 4) is 0 Å². The summed E-state index contributed by atoms with van der Waals surface area (Å²) >= 11 is 0. The van der Waals surface area contributed by atoms with Gasteiger partial charge in [0.1, 0.15) is 5.82 Å². The molecule has 5 nitrogen and oxygen atoms in total. The Balaban J connectivity index is 3.52.